The number of ether oxygens (including phenoxy) is 3. The molecule has 2 aromatic rings. The van der Waals surface area contributed by atoms with E-state index in [0.29, 0.717) is 47.9 Å². The first-order chi connectivity index (χ1) is 17.2. The number of amides is 1. The van der Waals surface area contributed by atoms with Gasteiger partial charge in [0.2, 0.25) is 0 Å². The molecule has 8 nitrogen and oxygen atoms in total. The molecule has 0 saturated carbocycles. The molecular formula is C28H36N2O6. The Morgan fingerprint density at radius 3 is 2.39 bits per heavy atom. The molecule has 36 heavy (non-hydrogen) atoms. The predicted molar refractivity (Wildman–Crippen MR) is 139 cm³/mol. The molecule has 1 aliphatic heterocycles. The maximum absolute atomic E-state index is 13.3. The van der Waals surface area contributed by atoms with E-state index in [1.807, 2.05) is 38.9 Å². The van der Waals surface area contributed by atoms with Gasteiger partial charge in [-0.25, -0.2) is 0 Å². The zero-order valence-electron chi connectivity index (χ0n) is 22.0. The molecule has 1 N–H and O–H groups in total. The van der Waals surface area contributed by atoms with Crippen molar-refractivity contribution in [2.45, 2.75) is 32.7 Å². The highest BCUT2D eigenvalue weighted by atomic mass is 16.5. The van der Waals surface area contributed by atoms with Gasteiger partial charge in [0.1, 0.15) is 11.5 Å². The van der Waals surface area contributed by atoms with Crippen LogP contribution in [0.2, 0.25) is 0 Å². The number of ketones is 1. The average Bonchev–Trinajstić information content (AvgIpc) is 3.11. The molecular weight excluding hydrogens is 460 g/mol. The molecule has 0 aliphatic carbocycles. The van der Waals surface area contributed by atoms with Crippen LogP contribution in [-0.2, 0) is 9.59 Å². The summed E-state index contributed by atoms with van der Waals surface area (Å²) in [6.07, 6.45) is 1.55. The normalized spacial score (nSPS) is 17.1. The van der Waals surface area contributed by atoms with Gasteiger partial charge in [0.25, 0.3) is 11.7 Å². The number of carbonyl (C=O) groups excluding carboxylic acids is 2. The molecule has 194 valence electrons. The van der Waals surface area contributed by atoms with Crippen LogP contribution >= 0.6 is 0 Å². The minimum absolute atomic E-state index is 0.0578. The van der Waals surface area contributed by atoms with Crippen molar-refractivity contribution in [2.24, 2.45) is 0 Å². The lowest BCUT2D eigenvalue weighted by Gasteiger charge is -2.26. The number of nitrogens with zero attached hydrogens (tertiary/aromatic N) is 2. The Hall–Kier alpha value is -3.52. The van der Waals surface area contributed by atoms with E-state index in [4.69, 9.17) is 14.2 Å². The first kappa shape index (κ1) is 27.1. The third kappa shape index (κ3) is 5.65. The Kier molecular flexibility index (Phi) is 8.98. The lowest BCUT2D eigenvalue weighted by atomic mass is 9.93. The van der Waals surface area contributed by atoms with E-state index in [1.165, 1.54) is 12.0 Å². The Morgan fingerprint density at radius 2 is 1.78 bits per heavy atom. The van der Waals surface area contributed by atoms with Gasteiger partial charge in [-0.05, 0) is 81.9 Å². The fraction of sp³-hybridized carbons (Fsp3) is 0.429. The molecule has 2 aromatic carbocycles. The number of hydrogen-bond acceptors (Lipinski definition) is 7. The molecule has 0 unspecified atom stereocenters. The van der Waals surface area contributed by atoms with Crippen LogP contribution in [-0.4, -0.2) is 74.6 Å². The third-order valence-corrected chi connectivity index (χ3v) is 6.19. The third-order valence-electron chi connectivity index (χ3n) is 6.19. The van der Waals surface area contributed by atoms with Gasteiger partial charge in [0, 0.05) is 12.1 Å². The van der Waals surface area contributed by atoms with Crippen molar-refractivity contribution >= 4 is 17.4 Å². The minimum atomic E-state index is -0.762. The van der Waals surface area contributed by atoms with Crippen molar-refractivity contribution in [3.63, 3.8) is 0 Å². The van der Waals surface area contributed by atoms with Crippen molar-refractivity contribution in [3.8, 4) is 17.2 Å². The van der Waals surface area contributed by atoms with Gasteiger partial charge in [-0.3, -0.25) is 9.59 Å². The molecule has 8 heteroatoms. The number of aliphatic hydroxyl groups excluding tert-OH is 1. The van der Waals surface area contributed by atoms with Crippen molar-refractivity contribution in [1.29, 1.82) is 0 Å². The zero-order valence-corrected chi connectivity index (χ0v) is 22.0. The summed E-state index contributed by atoms with van der Waals surface area (Å²) in [7, 11) is 6.98. The van der Waals surface area contributed by atoms with Crippen LogP contribution < -0.4 is 14.2 Å². The van der Waals surface area contributed by atoms with Crippen LogP contribution in [0.25, 0.3) is 5.76 Å². The van der Waals surface area contributed by atoms with Crippen LogP contribution in [0.5, 0.6) is 17.2 Å². The summed E-state index contributed by atoms with van der Waals surface area (Å²) in [4.78, 5) is 30.1. The van der Waals surface area contributed by atoms with Gasteiger partial charge in [0.15, 0.2) is 11.5 Å². The highest BCUT2D eigenvalue weighted by molar-refractivity contribution is 6.46. The molecule has 1 saturated heterocycles. The van der Waals surface area contributed by atoms with E-state index in [0.717, 1.165) is 18.5 Å². The van der Waals surface area contributed by atoms with E-state index in [2.05, 4.69) is 0 Å². The monoisotopic (exact) mass is 496 g/mol. The van der Waals surface area contributed by atoms with Crippen molar-refractivity contribution in [2.75, 3.05) is 48.0 Å². The number of methoxy groups -OCH3 is 2. The van der Waals surface area contributed by atoms with Gasteiger partial charge in [-0.1, -0.05) is 13.0 Å². The summed E-state index contributed by atoms with van der Waals surface area (Å²) in [5.41, 5.74) is 1.93. The van der Waals surface area contributed by atoms with Gasteiger partial charge < -0.3 is 29.1 Å². The molecule has 3 rings (SSSR count). The fourth-order valence-corrected chi connectivity index (χ4v) is 4.39. The average molecular weight is 497 g/mol. The van der Waals surface area contributed by atoms with Crippen molar-refractivity contribution < 1.29 is 28.9 Å². The van der Waals surface area contributed by atoms with E-state index in [-0.39, 0.29) is 11.3 Å². The molecule has 0 spiro atoms. The Labute approximate surface area is 213 Å². The quantitative estimate of drug-likeness (QED) is 0.284. The number of likely N-dealkylation sites (tertiary alicyclic amines) is 1. The first-order valence-corrected chi connectivity index (χ1v) is 12.1. The molecule has 1 atom stereocenters. The molecule has 1 fully saturated rings. The van der Waals surface area contributed by atoms with Crippen LogP contribution in [0.1, 0.15) is 42.5 Å². The van der Waals surface area contributed by atoms with Gasteiger partial charge in [0.05, 0.1) is 32.4 Å². The lowest BCUT2D eigenvalue weighted by Crippen LogP contribution is -2.32. The lowest BCUT2D eigenvalue weighted by molar-refractivity contribution is -0.139. The van der Waals surface area contributed by atoms with Gasteiger partial charge in [-0.2, -0.15) is 0 Å². The standard InChI is InChI=1S/C28H36N2O6/c1-7-15-36-20-10-11-21(18(2)16-20)26(31)24-25(19-9-12-22(34-5)23(17-19)35-6)30(28(33)27(24)32)14-8-13-29(3)4/h9-12,16-17,25,31H,7-8,13-15H2,1-6H3/t25-/m1/s1. The van der Waals surface area contributed by atoms with Crippen molar-refractivity contribution in [3.05, 3.63) is 58.7 Å². The number of hydrogen-bond donors (Lipinski definition) is 1. The highest BCUT2D eigenvalue weighted by Gasteiger charge is 2.46. The summed E-state index contributed by atoms with van der Waals surface area (Å²) in [5, 5.41) is 11.4. The summed E-state index contributed by atoms with van der Waals surface area (Å²) in [5.74, 6) is 0.152. The second-order valence-corrected chi connectivity index (χ2v) is 9.09. The number of aryl methyl sites for hydroxylation is 1. The summed E-state index contributed by atoms with van der Waals surface area (Å²) in [6.45, 7) is 5.56. The fourth-order valence-electron chi connectivity index (χ4n) is 4.39. The largest absolute Gasteiger partial charge is 0.507 e. The molecule has 1 amide bonds. The molecule has 1 heterocycles. The maximum Gasteiger partial charge on any atom is 0.295 e. The SMILES string of the molecule is CCCOc1ccc(C(O)=C2C(=O)C(=O)N(CCCN(C)C)[C@@H]2c2ccc(OC)c(OC)c2)c(C)c1. The number of carbonyl (C=O) groups is 2. The van der Waals surface area contributed by atoms with Crippen LogP contribution in [0.4, 0.5) is 0 Å². The molecule has 0 radical (unpaired) electrons. The molecule has 0 bridgehead atoms. The molecule has 1 aliphatic rings. The van der Waals surface area contributed by atoms with E-state index < -0.39 is 17.7 Å². The Bertz CT molecular complexity index is 1140. The van der Waals surface area contributed by atoms with Crippen LogP contribution in [0.15, 0.2) is 42.0 Å². The summed E-state index contributed by atoms with van der Waals surface area (Å²) >= 11 is 0. The summed E-state index contributed by atoms with van der Waals surface area (Å²) < 4.78 is 16.5. The van der Waals surface area contributed by atoms with Crippen LogP contribution in [0.3, 0.4) is 0 Å². The zero-order chi connectivity index (χ0) is 26.4. The van der Waals surface area contributed by atoms with Gasteiger partial charge in [-0.15, -0.1) is 0 Å². The van der Waals surface area contributed by atoms with Crippen LogP contribution in [0, 0.1) is 6.92 Å². The first-order valence-electron chi connectivity index (χ1n) is 12.1. The van der Waals surface area contributed by atoms with Gasteiger partial charge >= 0.3 is 0 Å². The van der Waals surface area contributed by atoms with E-state index >= 15 is 0 Å². The topological polar surface area (TPSA) is 88.5 Å². The predicted octanol–water partition coefficient (Wildman–Crippen LogP) is 4.17. The Balaban J connectivity index is 2.13. The number of Topliss-reactive ketones (excluding diaryl/α,β-unsaturated/α-hetero) is 1. The van der Waals surface area contributed by atoms with E-state index in [9.17, 15) is 14.7 Å². The van der Waals surface area contributed by atoms with E-state index in [1.54, 1.807) is 37.4 Å². The number of benzene rings is 2. The second kappa shape index (κ2) is 11.9. The number of aliphatic hydroxyl groups is 1. The minimum Gasteiger partial charge on any atom is -0.507 e. The molecule has 0 aromatic heterocycles. The maximum atomic E-state index is 13.3. The summed E-state index contributed by atoms with van der Waals surface area (Å²) in [6, 6.07) is 9.82. The second-order valence-electron chi connectivity index (χ2n) is 9.09. The smallest absolute Gasteiger partial charge is 0.295 e. The Morgan fingerprint density at radius 1 is 1.06 bits per heavy atom. The number of rotatable bonds is 11. The highest BCUT2D eigenvalue weighted by Crippen LogP contribution is 2.42. The van der Waals surface area contributed by atoms with Crippen molar-refractivity contribution in [1.82, 2.24) is 9.80 Å².